The molecule has 0 saturated carbocycles. The van der Waals surface area contributed by atoms with Crippen LogP contribution in [-0.2, 0) is 0 Å². The molecule has 0 aliphatic carbocycles. The van der Waals surface area contributed by atoms with Gasteiger partial charge in [0.25, 0.3) is 5.91 Å². The van der Waals surface area contributed by atoms with Gasteiger partial charge in [-0.05, 0) is 35.7 Å². The summed E-state index contributed by atoms with van der Waals surface area (Å²) in [5.74, 6) is 0.310. The number of benzene rings is 1. The van der Waals surface area contributed by atoms with Crippen molar-refractivity contribution in [2.75, 3.05) is 6.54 Å². The Labute approximate surface area is 117 Å². The Bertz CT molecular complexity index is 536. The van der Waals surface area contributed by atoms with E-state index in [9.17, 15) is 4.79 Å². The predicted octanol–water partition coefficient (Wildman–Crippen LogP) is 3.86. The number of hydrogen-bond donors (Lipinski definition) is 1. The van der Waals surface area contributed by atoms with Crippen molar-refractivity contribution in [2.24, 2.45) is 0 Å². The topological polar surface area (TPSA) is 42.2 Å². The summed E-state index contributed by atoms with van der Waals surface area (Å²) < 4.78 is 5.07. The first kappa shape index (κ1) is 13.7. The molecular weight excluding hydrogens is 262 g/mol. The lowest BCUT2D eigenvalue weighted by Gasteiger charge is -2.15. The van der Waals surface area contributed by atoms with Crippen LogP contribution in [0.25, 0.3) is 0 Å². The predicted molar refractivity (Wildman–Crippen MR) is 75.5 cm³/mol. The SMILES string of the molecule is CCC(CNC(=O)c1ccc(Cl)o1)c1ccccc1. The van der Waals surface area contributed by atoms with Gasteiger partial charge in [-0.25, -0.2) is 0 Å². The van der Waals surface area contributed by atoms with Crippen molar-refractivity contribution in [3.63, 3.8) is 0 Å². The van der Waals surface area contributed by atoms with E-state index < -0.39 is 0 Å². The summed E-state index contributed by atoms with van der Waals surface area (Å²) >= 11 is 5.64. The molecule has 0 aliphatic rings. The second kappa shape index (κ2) is 6.43. The molecule has 0 bridgehead atoms. The van der Waals surface area contributed by atoms with Gasteiger partial charge in [-0.2, -0.15) is 0 Å². The highest BCUT2D eigenvalue weighted by Gasteiger charge is 2.14. The highest BCUT2D eigenvalue weighted by atomic mass is 35.5. The Kier molecular flexibility index (Phi) is 4.63. The molecule has 1 atom stereocenters. The Hall–Kier alpha value is -1.74. The van der Waals surface area contributed by atoms with E-state index in [-0.39, 0.29) is 16.9 Å². The average molecular weight is 278 g/mol. The molecule has 1 N–H and O–H groups in total. The first-order valence-electron chi connectivity index (χ1n) is 6.29. The van der Waals surface area contributed by atoms with E-state index in [1.54, 1.807) is 12.1 Å². The molecule has 1 heterocycles. The van der Waals surface area contributed by atoms with E-state index in [0.29, 0.717) is 12.5 Å². The standard InChI is InChI=1S/C15H16ClNO2/c1-2-11(12-6-4-3-5-7-12)10-17-15(18)13-8-9-14(16)19-13/h3-9,11H,2,10H2,1H3,(H,17,18). The molecule has 3 nitrogen and oxygen atoms in total. The second-order valence-electron chi connectivity index (χ2n) is 4.33. The van der Waals surface area contributed by atoms with E-state index in [1.165, 1.54) is 5.56 Å². The molecule has 0 aliphatic heterocycles. The Morgan fingerprint density at radius 2 is 2.00 bits per heavy atom. The zero-order valence-electron chi connectivity index (χ0n) is 10.7. The fourth-order valence-corrected chi connectivity index (χ4v) is 2.11. The summed E-state index contributed by atoms with van der Waals surface area (Å²) in [6.07, 6.45) is 0.962. The maximum absolute atomic E-state index is 11.8. The normalized spacial score (nSPS) is 12.1. The van der Waals surface area contributed by atoms with E-state index in [1.807, 2.05) is 18.2 Å². The quantitative estimate of drug-likeness (QED) is 0.902. The van der Waals surface area contributed by atoms with Crippen LogP contribution < -0.4 is 5.32 Å². The summed E-state index contributed by atoms with van der Waals surface area (Å²) in [4.78, 5) is 11.8. The average Bonchev–Trinajstić information content (AvgIpc) is 2.87. The fourth-order valence-electron chi connectivity index (χ4n) is 1.96. The highest BCUT2D eigenvalue weighted by molar-refractivity contribution is 6.29. The number of carbonyl (C=O) groups excluding carboxylic acids is 1. The molecule has 2 aromatic rings. The molecule has 0 radical (unpaired) electrons. The molecule has 19 heavy (non-hydrogen) atoms. The maximum atomic E-state index is 11.8. The Morgan fingerprint density at radius 3 is 2.58 bits per heavy atom. The third-order valence-electron chi connectivity index (χ3n) is 3.07. The largest absolute Gasteiger partial charge is 0.440 e. The van der Waals surface area contributed by atoms with Crippen molar-refractivity contribution in [3.8, 4) is 0 Å². The van der Waals surface area contributed by atoms with Crippen LogP contribution in [-0.4, -0.2) is 12.5 Å². The summed E-state index contributed by atoms with van der Waals surface area (Å²) in [5, 5.41) is 3.09. The van der Waals surface area contributed by atoms with Gasteiger partial charge in [0.2, 0.25) is 0 Å². The number of nitrogens with one attached hydrogen (secondary N) is 1. The molecule has 1 amide bonds. The van der Waals surface area contributed by atoms with Crippen LogP contribution in [0.3, 0.4) is 0 Å². The van der Waals surface area contributed by atoms with Crippen LogP contribution in [0.2, 0.25) is 5.22 Å². The number of hydrogen-bond acceptors (Lipinski definition) is 2. The Balaban J connectivity index is 1.95. The van der Waals surface area contributed by atoms with Crippen molar-refractivity contribution in [1.29, 1.82) is 0 Å². The molecule has 0 spiro atoms. The summed E-state index contributed by atoms with van der Waals surface area (Å²) in [5.41, 5.74) is 1.22. The third kappa shape index (κ3) is 3.61. The molecule has 4 heteroatoms. The molecule has 0 fully saturated rings. The van der Waals surface area contributed by atoms with Crippen molar-refractivity contribution in [3.05, 3.63) is 59.0 Å². The highest BCUT2D eigenvalue weighted by Crippen LogP contribution is 2.18. The zero-order valence-corrected chi connectivity index (χ0v) is 11.5. The van der Waals surface area contributed by atoms with Crippen LogP contribution in [0, 0.1) is 0 Å². The lowest BCUT2D eigenvalue weighted by atomic mass is 9.96. The number of carbonyl (C=O) groups is 1. The summed E-state index contributed by atoms with van der Waals surface area (Å²) in [6.45, 7) is 2.69. The smallest absolute Gasteiger partial charge is 0.287 e. The van der Waals surface area contributed by atoms with Crippen molar-refractivity contribution >= 4 is 17.5 Å². The van der Waals surface area contributed by atoms with Crippen molar-refractivity contribution < 1.29 is 9.21 Å². The van der Waals surface area contributed by atoms with E-state index in [0.717, 1.165) is 6.42 Å². The minimum atomic E-state index is -0.235. The zero-order chi connectivity index (χ0) is 13.7. The van der Waals surface area contributed by atoms with Crippen LogP contribution in [0.5, 0.6) is 0 Å². The monoisotopic (exact) mass is 277 g/mol. The van der Waals surface area contributed by atoms with Crippen LogP contribution >= 0.6 is 11.6 Å². The number of halogens is 1. The minimum absolute atomic E-state index is 0.222. The van der Waals surface area contributed by atoms with Crippen LogP contribution in [0.1, 0.15) is 35.4 Å². The lowest BCUT2D eigenvalue weighted by molar-refractivity contribution is 0.0923. The summed E-state index contributed by atoms with van der Waals surface area (Å²) in [6, 6.07) is 13.3. The third-order valence-corrected chi connectivity index (χ3v) is 3.27. The molecule has 1 aromatic heterocycles. The molecule has 2 rings (SSSR count). The van der Waals surface area contributed by atoms with Gasteiger partial charge in [-0.1, -0.05) is 37.3 Å². The lowest BCUT2D eigenvalue weighted by Crippen LogP contribution is -2.27. The van der Waals surface area contributed by atoms with Gasteiger partial charge in [0.05, 0.1) is 0 Å². The number of rotatable bonds is 5. The van der Waals surface area contributed by atoms with Gasteiger partial charge >= 0.3 is 0 Å². The molecule has 0 saturated heterocycles. The van der Waals surface area contributed by atoms with Gasteiger partial charge in [0.15, 0.2) is 11.0 Å². The maximum Gasteiger partial charge on any atom is 0.287 e. The first-order valence-corrected chi connectivity index (χ1v) is 6.67. The van der Waals surface area contributed by atoms with E-state index in [4.69, 9.17) is 16.0 Å². The second-order valence-corrected chi connectivity index (χ2v) is 4.70. The number of amides is 1. The van der Waals surface area contributed by atoms with E-state index >= 15 is 0 Å². The summed E-state index contributed by atoms with van der Waals surface area (Å²) in [7, 11) is 0. The Morgan fingerprint density at radius 1 is 1.26 bits per heavy atom. The molecular formula is C15H16ClNO2. The van der Waals surface area contributed by atoms with Gasteiger partial charge in [-0.15, -0.1) is 0 Å². The van der Waals surface area contributed by atoms with Crippen LogP contribution in [0.15, 0.2) is 46.9 Å². The number of furan rings is 1. The van der Waals surface area contributed by atoms with Crippen molar-refractivity contribution in [2.45, 2.75) is 19.3 Å². The molecule has 1 aromatic carbocycles. The van der Waals surface area contributed by atoms with Crippen LogP contribution in [0.4, 0.5) is 0 Å². The van der Waals surface area contributed by atoms with Gasteiger partial charge < -0.3 is 9.73 Å². The van der Waals surface area contributed by atoms with Crippen molar-refractivity contribution in [1.82, 2.24) is 5.32 Å². The van der Waals surface area contributed by atoms with Gasteiger partial charge in [0, 0.05) is 12.5 Å². The molecule has 100 valence electrons. The first-order chi connectivity index (χ1) is 9.20. The molecule has 1 unspecified atom stereocenters. The van der Waals surface area contributed by atoms with Gasteiger partial charge in [0.1, 0.15) is 0 Å². The van der Waals surface area contributed by atoms with E-state index in [2.05, 4.69) is 24.4 Å². The van der Waals surface area contributed by atoms with Gasteiger partial charge in [-0.3, -0.25) is 4.79 Å². The fraction of sp³-hybridized carbons (Fsp3) is 0.267. The minimum Gasteiger partial charge on any atom is -0.440 e.